The molecule has 4 rings (SSSR count). The number of benzene rings is 1. The van der Waals surface area contributed by atoms with Gasteiger partial charge in [0.15, 0.2) is 5.11 Å². The van der Waals surface area contributed by atoms with Gasteiger partial charge in [0, 0.05) is 24.1 Å². The van der Waals surface area contributed by atoms with Crippen LogP contribution < -0.4 is 10.2 Å². The van der Waals surface area contributed by atoms with Crippen LogP contribution in [0.25, 0.3) is 0 Å². The largest absolute Gasteiger partial charge is 0.351 e. The molecule has 3 aromatic rings. The Kier molecular flexibility index (Phi) is 4.67. The van der Waals surface area contributed by atoms with E-state index in [0.29, 0.717) is 10.8 Å². The lowest BCUT2D eigenvalue weighted by Gasteiger charge is -2.28. The van der Waals surface area contributed by atoms with Gasteiger partial charge in [-0.2, -0.15) is 0 Å². The van der Waals surface area contributed by atoms with Gasteiger partial charge in [-0.25, -0.2) is 4.39 Å². The summed E-state index contributed by atoms with van der Waals surface area (Å²) in [6.45, 7) is 6.46. The number of halogens is 1. The summed E-state index contributed by atoms with van der Waals surface area (Å²) < 4.78 is 16.8. The van der Waals surface area contributed by atoms with Gasteiger partial charge in [0.1, 0.15) is 5.82 Å². The number of anilines is 1. The van der Waals surface area contributed by atoms with Gasteiger partial charge in [-0.1, -0.05) is 18.2 Å². The number of thiocarbonyl (C=S) groups is 1. The average Bonchev–Trinajstić information content (AvgIpc) is 3.27. The summed E-state index contributed by atoms with van der Waals surface area (Å²) in [7, 11) is 0. The van der Waals surface area contributed by atoms with Crippen molar-refractivity contribution in [3.8, 4) is 0 Å². The van der Waals surface area contributed by atoms with E-state index in [-0.39, 0.29) is 23.4 Å². The molecular weight excluding hydrogens is 371 g/mol. The van der Waals surface area contributed by atoms with Crippen molar-refractivity contribution in [1.29, 1.82) is 0 Å². The fraction of sp³-hybridized carbons (Fsp3) is 0.273. The van der Waals surface area contributed by atoms with Gasteiger partial charge in [-0.05, 0) is 68.9 Å². The lowest BCUT2D eigenvalue weighted by atomic mass is 9.98. The number of para-hydroxylation sites is 1. The zero-order valence-electron chi connectivity index (χ0n) is 16.1. The van der Waals surface area contributed by atoms with Crippen molar-refractivity contribution in [3.05, 3.63) is 84.2 Å². The Hall–Kier alpha value is -2.73. The lowest BCUT2D eigenvalue weighted by Crippen LogP contribution is -2.30. The van der Waals surface area contributed by atoms with Gasteiger partial charge >= 0.3 is 0 Å². The molecule has 0 radical (unpaired) electrons. The first-order chi connectivity index (χ1) is 13.4. The van der Waals surface area contributed by atoms with Crippen molar-refractivity contribution < 1.29 is 4.39 Å². The van der Waals surface area contributed by atoms with E-state index in [1.54, 1.807) is 18.3 Å². The summed E-state index contributed by atoms with van der Waals surface area (Å²) in [5.74, 6) is -0.298. The predicted molar refractivity (Wildman–Crippen MR) is 114 cm³/mol. The average molecular weight is 395 g/mol. The molecule has 2 atom stereocenters. The van der Waals surface area contributed by atoms with Crippen molar-refractivity contribution in [3.63, 3.8) is 0 Å². The van der Waals surface area contributed by atoms with Crippen LogP contribution in [0.3, 0.4) is 0 Å². The molecule has 4 nitrogen and oxygen atoms in total. The third-order valence-electron chi connectivity index (χ3n) is 5.04. The van der Waals surface area contributed by atoms with E-state index >= 15 is 0 Å². The Morgan fingerprint density at radius 3 is 2.46 bits per heavy atom. The molecule has 1 aromatic carbocycles. The first-order valence-corrected chi connectivity index (χ1v) is 9.70. The minimum absolute atomic E-state index is 0.0475. The molecule has 1 saturated heterocycles. The van der Waals surface area contributed by atoms with Crippen molar-refractivity contribution in [2.75, 3.05) is 4.90 Å². The summed E-state index contributed by atoms with van der Waals surface area (Å²) in [5, 5.41) is 3.86. The van der Waals surface area contributed by atoms with Crippen LogP contribution in [-0.2, 0) is 5.54 Å². The minimum Gasteiger partial charge on any atom is -0.351 e. The Morgan fingerprint density at radius 1 is 1.07 bits per heavy atom. The van der Waals surface area contributed by atoms with E-state index in [1.807, 2.05) is 29.2 Å². The molecule has 2 unspecified atom stereocenters. The molecule has 144 valence electrons. The standard InChI is InChI=1S/C22H23FN4S/c1-22(2,3)26-13-11-15(14-26)20-19(17-9-6-7-12-24-17)25-21(28)27(20)18-10-5-4-8-16(18)23/h4-14,19-20H,1-3H3,(H,25,28). The highest BCUT2D eigenvalue weighted by molar-refractivity contribution is 7.80. The van der Waals surface area contributed by atoms with E-state index in [4.69, 9.17) is 12.2 Å². The van der Waals surface area contributed by atoms with Gasteiger partial charge in [0.25, 0.3) is 0 Å². The molecule has 3 heterocycles. The Morgan fingerprint density at radius 2 is 1.82 bits per heavy atom. The van der Waals surface area contributed by atoms with Crippen molar-refractivity contribution in [1.82, 2.24) is 14.9 Å². The summed E-state index contributed by atoms with van der Waals surface area (Å²) >= 11 is 5.63. The highest BCUT2D eigenvalue weighted by Crippen LogP contribution is 2.42. The number of aromatic nitrogens is 2. The molecule has 0 amide bonds. The second-order valence-electron chi connectivity index (χ2n) is 7.97. The maximum atomic E-state index is 14.7. The number of nitrogens with zero attached hydrogens (tertiary/aromatic N) is 3. The van der Waals surface area contributed by atoms with Crippen molar-refractivity contribution in [2.24, 2.45) is 0 Å². The van der Waals surface area contributed by atoms with Crippen LogP contribution in [0, 0.1) is 5.82 Å². The summed E-state index contributed by atoms with van der Waals surface area (Å²) in [6, 6.07) is 14.2. The predicted octanol–water partition coefficient (Wildman–Crippen LogP) is 4.95. The molecule has 0 saturated carbocycles. The van der Waals surface area contributed by atoms with Crippen LogP contribution >= 0.6 is 12.2 Å². The van der Waals surface area contributed by atoms with Crippen LogP contribution in [0.2, 0.25) is 0 Å². The fourth-order valence-electron chi connectivity index (χ4n) is 3.61. The normalized spacial score (nSPS) is 19.7. The Labute approximate surface area is 170 Å². The molecule has 1 fully saturated rings. The van der Waals surface area contributed by atoms with E-state index < -0.39 is 0 Å². The third kappa shape index (κ3) is 3.29. The topological polar surface area (TPSA) is 33.1 Å². The van der Waals surface area contributed by atoms with Gasteiger partial charge in [0.05, 0.1) is 23.5 Å². The molecule has 2 aromatic heterocycles. The first kappa shape index (κ1) is 18.6. The van der Waals surface area contributed by atoms with Crippen molar-refractivity contribution >= 4 is 23.0 Å². The molecule has 1 aliphatic rings. The van der Waals surface area contributed by atoms with Crippen LogP contribution in [0.15, 0.2) is 67.1 Å². The summed E-state index contributed by atoms with van der Waals surface area (Å²) in [6.07, 6.45) is 5.94. The number of pyridine rings is 1. The summed E-state index contributed by atoms with van der Waals surface area (Å²) in [5.41, 5.74) is 2.35. The molecule has 0 spiro atoms. The Balaban J connectivity index is 1.84. The highest BCUT2D eigenvalue weighted by Gasteiger charge is 2.42. The van der Waals surface area contributed by atoms with E-state index in [2.05, 4.69) is 54.1 Å². The van der Waals surface area contributed by atoms with Gasteiger partial charge < -0.3 is 14.8 Å². The lowest BCUT2D eigenvalue weighted by molar-refractivity contribution is 0.397. The van der Waals surface area contributed by atoms with E-state index in [0.717, 1.165) is 11.3 Å². The number of hydrogen-bond acceptors (Lipinski definition) is 2. The maximum Gasteiger partial charge on any atom is 0.174 e. The van der Waals surface area contributed by atoms with E-state index in [9.17, 15) is 4.39 Å². The molecule has 28 heavy (non-hydrogen) atoms. The monoisotopic (exact) mass is 394 g/mol. The molecule has 1 aliphatic heterocycles. The fourth-order valence-corrected chi connectivity index (χ4v) is 3.94. The van der Waals surface area contributed by atoms with Crippen LogP contribution in [0.5, 0.6) is 0 Å². The zero-order valence-corrected chi connectivity index (χ0v) is 16.9. The zero-order chi connectivity index (χ0) is 19.9. The number of hydrogen-bond donors (Lipinski definition) is 1. The van der Waals surface area contributed by atoms with Gasteiger partial charge in [0.2, 0.25) is 0 Å². The maximum absolute atomic E-state index is 14.7. The van der Waals surface area contributed by atoms with Crippen LogP contribution in [0.1, 0.15) is 44.1 Å². The van der Waals surface area contributed by atoms with Crippen LogP contribution in [-0.4, -0.2) is 14.7 Å². The highest BCUT2D eigenvalue weighted by atomic mass is 32.1. The first-order valence-electron chi connectivity index (χ1n) is 9.30. The number of rotatable bonds is 3. The van der Waals surface area contributed by atoms with Gasteiger partial charge in [-0.15, -0.1) is 0 Å². The smallest absolute Gasteiger partial charge is 0.174 e. The minimum atomic E-state index is -0.298. The molecule has 0 aliphatic carbocycles. The molecule has 0 bridgehead atoms. The van der Waals surface area contributed by atoms with Crippen LogP contribution in [0.4, 0.5) is 10.1 Å². The SMILES string of the molecule is CC(C)(C)n1ccc(C2C(c3ccccn3)NC(=S)N2c2ccccc2F)c1. The Bertz CT molecular complexity index is 993. The number of nitrogens with one attached hydrogen (secondary N) is 1. The molecular formula is C22H23FN4S. The molecule has 1 N–H and O–H groups in total. The quantitative estimate of drug-likeness (QED) is 0.637. The summed E-state index contributed by atoms with van der Waals surface area (Å²) in [4.78, 5) is 6.40. The van der Waals surface area contributed by atoms with E-state index in [1.165, 1.54) is 6.07 Å². The van der Waals surface area contributed by atoms with Gasteiger partial charge in [-0.3, -0.25) is 4.98 Å². The van der Waals surface area contributed by atoms with Crippen molar-refractivity contribution in [2.45, 2.75) is 38.4 Å². The second kappa shape index (κ2) is 7.02. The third-order valence-corrected chi connectivity index (χ3v) is 5.36. The second-order valence-corrected chi connectivity index (χ2v) is 8.36. The molecule has 6 heteroatoms.